The van der Waals surface area contributed by atoms with Crippen LogP contribution in [0.1, 0.15) is 0 Å². The molecule has 0 aliphatic carbocycles. The number of hydrogen-bond acceptors (Lipinski definition) is 3. The highest BCUT2D eigenvalue weighted by Crippen LogP contribution is 2.28. The predicted molar refractivity (Wildman–Crippen MR) is 74.2 cm³/mol. The van der Waals surface area contributed by atoms with Crippen LogP contribution in [0, 0.1) is 5.82 Å². The highest BCUT2D eigenvalue weighted by atomic mass is 79.9. The zero-order valence-electron chi connectivity index (χ0n) is 8.65. The fourth-order valence-corrected chi connectivity index (χ4v) is 3.99. The Bertz CT molecular complexity index is 687. The smallest absolute Gasteiger partial charge is 0.271 e. The van der Waals surface area contributed by atoms with E-state index in [9.17, 15) is 12.8 Å². The van der Waals surface area contributed by atoms with Gasteiger partial charge in [-0.15, -0.1) is 11.3 Å². The van der Waals surface area contributed by atoms with E-state index in [1.807, 2.05) is 0 Å². The molecule has 2 rings (SSSR count). The summed E-state index contributed by atoms with van der Waals surface area (Å²) in [5, 5.41) is 0. The lowest BCUT2D eigenvalue weighted by Crippen LogP contribution is -2.11. The van der Waals surface area contributed by atoms with Gasteiger partial charge in [0, 0.05) is 0 Å². The van der Waals surface area contributed by atoms with Crippen LogP contribution in [0.25, 0.3) is 0 Å². The molecule has 0 saturated carbocycles. The molecule has 0 unspecified atom stereocenters. The van der Waals surface area contributed by atoms with Gasteiger partial charge in [0.15, 0.2) is 0 Å². The maximum Gasteiger partial charge on any atom is 0.271 e. The van der Waals surface area contributed by atoms with Gasteiger partial charge in [0.05, 0.1) is 14.5 Å². The number of nitrogens with one attached hydrogen (secondary N) is 1. The lowest BCUT2D eigenvalue weighted by molar-refractivity contribution is 0.603. The first-order chi connectivity index (χ1) is 8.38. The van der Waals surface area contributed by atoms with Crippen molar-refractivity contribution in [2.45, 2.75) is 4.21 Å². The summed E-state index contributed by atoms with van der Waals surface area (Å²) in [4.78, 5) is 0. The minimum Gasteiger partial charge on any atom is -0.279 e. The fourth-order valence-electron chi connectivity index (χ4n) is 1.21. The van der Waals surface area contributed by atoms with Crippen LogP contribution in [0.5, 0.6) is 0 Å². The van der Waals surface area contributed by atoms with Crippen LogP contribution < -0.4 is 4.72 Å². The van der Waals surface area contributed by atoms with Crippen LogP contribution in [0.15, 0.2) is 39.0 Å². The molecule has 1 heterocycles. The van der Waals surface area contributed by atoms with Gasteiger partial charge in [0.1, 0.15) is 10.0 Å². The molecule has 8 heteroatoms. The highest BCUT2D eigenvalue weighted by molar-refractivity contribution is 9.10. The number of anilines is 1. The molecule has 0 aliphatic heterocycles. The van der Waals surface area contributed by atoms with E-state index in [-0.39, 0.29) is 14.4 Å². The third-order valence-electron chi connectivity index (χ3n) is 1.99. The molecule has 0 atom stereocenters. The maximum absolute atomic E-state index is 13.3. The summed E-state index contributed by atoms with van der Waals surface area (Å²) in [5.41, 5.74) is 0.153. The molecule has 0 bridgehead atoms. The quantitative estimate of drug-likeness (QED) is 0.884. The van der Waals surface area contributed by atoms with Crippen molar-refractivity contribution < 1.29 is 12.8 Å². The van der Waals surface area contributed by atoms with Crippen LogP contribution in [-0.2, 0) is 10.0 Å². The van der Waals surface area contributed by atoms with Gasteiger partial charge in [-0.05, 0) is 46.3 Å². The number of benzene rings is 1. The third-order valence-corrected chi connectivity index (χ3v) is 5.73. The molecule has 1 aromatic heterocycles. The number of sulfonamides is 1. The minimum atomic E-state index is -3.72. The third kappa shape index (κ3) is 3.03. The Morgan fingerprint density at radius 2 is 2.00 bits per heavy atom. The van der Waals surface area contributed by atoms with Crippen LogP contribution in [0.2, 0.25) is 4.34 Å². The molecular formula is C10H6BrClFNO2S2. The van der Waals surface area contributed by atoms with Crippen molar-refractivity contribution in [1.29, 1.82) is 0 Å². The van der Waals surface area contributed by atoms with E-state index in [0.717, 1.165) is 17.4 Å². The van der Waals surface area contributed by atoms with E-state index in [4.69, 9.17) is 11.6 Å². The van der Waals surface area contributed by atoms with Crippen LogP contribution >= 0.6 is 38.9 Å². The van der Waals surface area contributed by atoms with E-state index >= 15 is 0 Å². The van der Waals surface area contributed by atoms with Gasteiger partial charge in [-0.2, -0.15) is 0 Å². The molecule has 0 aliphatic rings. The minimum absolute atomic E-state index is 0.0795. The van der Waals surface area contributed by atoms with Crippen LogP contribution in [-0.4, -0.2) is 8.42 Å². The van der Waals surface area contributed by atoms with Crippen molar-refractivity contribution in [3.05, 3.63) is 45.0 Å². The van der Waals surface area contributed by atoms with Gasteiger partial charge < -0.3 is 0 Å². The summed E-state index contributed by atoms with van der Waals surface area (Å²) >= 11 is 9.60. The molecular weight excluding hydrogens is 365 g/mol. The van der Waals surface area contributed by atoms with Crippen LogP contribution in [0.3, 0.4) is 0 Å². The molecule has 2 aromatic rings. The Kier molecular flexibility index (Phi) is 3.96. The van der Waals surface area contributed by atoms with Crippen molar-refractivity contribution in [2.75, 3.05) is 4.72 Å². The summed E-state index contributed by atoms with van der Waals surface area (Å²) in [6.45, 7) is 0. The Morgan fingerprint density at radius 1 is 1.28 bits per heavy atom. The zero-order chi connectivity index (χ0) is 13.3. The fraction of sp³-hybridized carbons (Fsp3) is 0. The Labute approximate surface area is 121 Å². The van der Waals surface area contributed by atoms with E-state index < -0.39 is 15.8 Å². The van der Waals surface area contributed by atoms with Gasteiger partial charge in [0.2, 0.25) is 0 Å². The number of thiophene rings is 1. The first kappa shape index (κ1) is 13.8. The predicted octanol–water partition coefficient (Wildman–Crippen LogP) is 4.10. The first-order valence-electron chi connectivity index (χ1n) is 4.62. The van der Waals surface area contributed by atoms with Crippen molar-refractivity contribution in [3.63, 3.8) is 0 Å². The van der Waals surface area contributed by atoms with E-state index in [2.05, 4.69) is 20.7 Å². The molecule has 1 N–H and O–H groups in total. The van der Waals surface area contributed by atoms with Crippen molar-refractivity contribution in [1.82, 2.24) is 0 Å². The molecule has 3 nitrogen and oxygen atoms in total. The van der Waals surface area contributed by atoms with Crippen molar-refractivity contribution in [3.8, 4) is 0 Å². The standard InChI is InChI=1S/C10H6BrClFNO2S2/c11-7-2-1-6(5-8(7)13)14-18(15,16)10-4-3-9(12)17-10/h1-5,14H. The molecule has 0 saturated heterocycles. The molecule has 0 radical (unpaired) electrons. The monoisotopic (exact) mass is 369 g/mol. The summed E-state index contributed by atoms with van der Waals surface area (Å²) in [6.07, 6.45) is 0. The largest absolute Gasteiger partial charge is 0.279 e. The average molecular weight is 371 g/mol. The second kappa shape index (κ2) is 5.16. The number of rotatable bonds is 3. The second-order valence-electron chi connectivity index (χ2n) is 3.29. The van der Waals surface area contributed by atoms with Gasteiger partial charge in [0.25, 0.3) is 10.0 Å². The summed E-state index contributed by atoms with van der Waals surface area (Å²) in [7, 11) is -3.72. The maximum atomic E-state index is 13.3. The zero-order valence-corrected chi connectivity index (χ0v) is 12.6. The number of halogens is 3. The lowest BCUT2D eigenvalue weighted by atomic mass is 10.3. The Morgan fingerprint density at radius 3 is 2.56 bits per heavy atom. The van der Waals surface area contributed by atoms with E-state index in [0.29, 0.717) is 4.34 Å². The lowest BCUT2D eigenvalue weighted by Gasteiger charge is -2.06. The van der Waals surface area contributed by atoms with Gasteiger partial charge >= 0.3 is 0 Å². The first-order valence-corrected chi connectivity index (χ1v) is 8.09. The van der Waals surface area contributed by atoms with E-state index in [1.165, 1.54) is 24.3 Å². The Balaban J connectivity index is 2.30. The molecule has 1 aromatic carbocycles. The second-order valence-corrected chi connectivity index (χ2v) is 7.77. The van der Waals surface area contributed by atoms with Gasteiger partial charge in [-0.1, -0.05) is 11.6 Å². The molecule has 0 spiro atoms. The topological polar surface area (TPSA) is 46.2 Å². The normalized spacial score (nSPS) is 11.5. The van der Waals surface area contributed by atoms with Crippen molar-refractivity contribution in [2.24, 2.45) is 0 Å². The Hall–Kier alpha value is -0.630. The molecule has 0 fully saturated rings. The number of hydrogen-bond donors (Lipinski definition) is 1. The summed E-state index contributed by atoms with van der Waals surface area (Å²) in [6, 6.07) is 6.86. The molecule has 18 heavy (non-hydrogen) atoms. The average Bonchev–Trinajstić information content (AvgIpc) is 2.71. The highest BCUT2D eigenvalue weighted by Gasteiger charge is 2.17. The van der Waals surface area contributed by atoms with Gasteiger partial charge in [-0.3, -0.25) is 4.72 Å². The molecule has 96 valence electrons. The summed E-state index contributed by atoms with van der Waals surface area (Å²) in [5.74, 6) is -0.542. The van der Waals surface area contributed by atoms with E-state index in [1.54, 1.807) is 0 Å². The SMILES string of the molecule is O=S(=O)(Nc1ccc(Br)c(F)c1)c1ccc(Cl)s1. The van der Waals surface area contributed by atoms with Crippen molar-refractivity contribution >= 4 is 54.6 Å². The molecule has 0 amide bonds. The van der Waals surface area contributed by atoms with Gasteiger partial charge in [-0.25, -0.2) is 12.8 Å². The van der Waals surface area contributed by atoms with Crippen LogP contribution in [0.4, 0.5) is 10.1 Å². The summed E-state index contributed by atoms with van der Waals surface area (Å²) < 4.78 is 40.1.